The summed E-state index contributed by atoms with van der Waals surface area (Å²) < 4.78 is 12.1. The van der Waals surface area contributed by atoms with Gasteiger partial charge in [0.05, 0.1) is 7.11 Å². The van der Waals surface area contributed by atoms with Crippen LogP contribution in [0.2, 0.25) is 0 Å². The van der Waals surface area contributed by atoms with Crippen LogP contribution in [0.3, 0.4) is 0 Å². The van der Waals surface area contributed by atoms with Crippen LogP contribution in [0, 0.1) is 0 Å². The minimum atomic E-state index is 0.0926. The Morgan fingerprint density at radius 2 is 2.05 bits per heavy atom. The molecule has 108 valence electrons. The molecule has 0 spiro atoms. The van der Waals surface area contributed by atoms with Crippen LogP contribution in [0.15, 0.2) is 51.4 Å². The molecule has 0 aliphatic heterocycles. The highest BCUT2D eigenvalue weighted by Gasteiger charge is 2.16. The third kappa shape index (κ3) is 3.14. The summed E-state index contributed by atoms with van der Waals surface area (Å²) in [5.41, 5.74) is 2.81. The predicted molar refractivity (Wildman–Crippen MR) is 90.1 cm³/mol. The fraction of sp³-hybridized carbons (Fsp3) is 0.188. The lowest BCUT2D eigenvalue weighted by Crippen LogP contribution is -1.97. The minimum absolute atomic E-state index is 0.0926. The Morgan fingerprint density at radius 3 is 2.81 bits per heavy atom. The lowest BCUT2D eigenvalue weighted by Gasteiger charge is -2.12. The summed E-state index contributed by atoms with van der Waals surface area (Å²) in [4.78, 5) is 4.60. The van der Waals surface area contributed by atoms with Crippen molar-refractivity contribution in [2.75, 3.05) is 7.11 Å². The van der Waals surface area contributed by atoms with E-state index < -0.39 is 0 Å². The Morgan fingerprint density at radius 1 is 1.24 bits per heavy atom. The van der Waals surface area contributed by atoms with Crippen LogP contribution in [0.1, 0.15) is 16.3 Å². The standard InChI is InChI=1S/C16H13Br2NO2/c1-20-10-6-7-12(17)11(8-10)13(18)9-16-19-14-4-2-3-5-15(14)21-16/h2-8,13H,9H2,1H3. The number of hydrogen-bond donors (Lipinski definition) is 0. The second-order valence-electron chi connectivity index (χ2n) is 4.63. The second-order valence-corrected chi connectivity index (χ2v) is 6.59. The van der Waals surface area contributed by atoms with Crippen molar-refractivity contribution in [1.82, 2.24) is 4.98 Å². The molecule has 3 rings (SSSR count). The highest BCUT2D eigenvalue weighted by molar-refractivity contribution is 9.11. The van der Waals surface area contributed by atoms with Gasteiger partial charge in [-0.15, -0.1) is 0 Å². The minimum Gasteiger partial charge on any atom is -0.497 e. The second kappa shape index (κ2) is 6.20. The first-order chi connectivity index (χ1) is 10.2. The fourth-order valence-electron chi connectivity index (χ4n) is 2.16. The molecule has 0 amide bonds. The van der Waals surface area contributed by atoms with Gasteiger partial charge in [0.25, 0.3) is 0 Å². The maximum atomic E-state index is 5.77. The third-order valence-electron chi connectivity index (χ3n) is 3.23. The van der Waals surface area contributed by atoms with Crippen molar-refractivity contribution in [3.63, 3.8) is 0 Å². The van der Waals surface area contributed by atoms with Crippen LogP contribution < -0.4 is 4.74 Å². The van der Waals surface area contributed by atoms with Crippen LogP contribution in [0.5, 0.6) is 5.75 Å². The van der Waals surface area contributed by atoms with E-state index in [0.29, 0.717) is 12.3 Å². The molecule has 1 aromatic heterocycles. The maximum Gasteiger partial charge on any atom is 0.196 e. The van der Waals surface area contributed by atoms with E-state index in [0.717, 1.165) is 26.9 Å². The molecule has 3 nitrogen and oxygen atoms in total. The first-order valence-corrected chi connectivity index (χ1v) is 8.20. The van der Waals surface area contributed by atoms with Gasteiger partial charge in [-0.2, -0.15) is 0 Å². The van der Waals surface area contributed by atoms with Gasteiger partial charge in [0.1, 0.15) is 11.3 Å². The van der Waals surface area contributed by atoms with E-state index in [1.165, 1.54) is 0 Å². The highest BCUT2D eigenvalue weighted by Crippen LogP contribution is 2.35. The van der Waals surface area contributed by atoms with Crippen LogP contribution in [-0.2, 0) is 6.42 Å². The van der Waals surface area contributed by atoms with E-state index >= 15 is 0 Å². The summed E-state index contributed by atoms with van der Waals surface area (Å²) >= 11 is 7.28. The van der Waals surface area contributed by atoms with E-state index in [1.807, 2.05) is 42.5 Å². The molecule has 0 saturated carbocycles. The predicted octanol–water partition coefficient (Wildman–Crippen LogP) is 5.28. The molecule has 0 aliphatic carbocycles. The maximum absolute atomic E-state index is 5.77. The van der Waals surface area contributed by atoms with Crippen LogP contribution >= 0.6 is 31.9 Å². The number of methoxy groups -OCH3 is 1. The molecule has 0 N–H and O–H groups in total. The van der Waals surface area contributed by atoms with Gasteiger partial charge in [-0.25, -0.2) is 4.98 Å². The normalized spacial score (nSPS) is 12.5. The number of halogens is 2. The smallest absolute Gasteiger partial charge is 0.196 e. The van der Waals surface area contributed by atoms with E-state index in [2.05, 4.69) is 36.8 Å². The van der Waals surface area contributed by atoms with Crippen LogP contribution in [0.4, 0.5) is 0 Å². The van der Waals surface area contributed by atoms with Gasteiger partial charge in [0.15, 0.2) is 11.5 Å². The van der Waals surface area contributed by atoms with Gasteiger partial charge in [-0.05, 0) is 35.9 Å². The van der Waals surface area contributed by atoms with Gasteiger partial charge in [0, 0.05) is 15.7 Å². The number of fused-ring (bicyclic) bond motifs is 1. The van der Waals surface area contributed by atoms with Gasteiger partial charge >= 0.3 is 0 Å². The summed E-state index contributed by atoms with van der Waals surface area (Å²) in [6.45, 7) is 0. The van der Waals surface area contributed by atoms with Crippen molar-refractivity contribution in [2.24, 2.45) is 0 Å². The quantitative estimate of drug-likeness (QED) is 0.549. The molecule has 0 radical (unpaired) electrons. The van der Waals surface area contributed by atoms with Crippen molar-refractivity contribution in [2.45, 2.75) is 11.2 Å². The molecule has 21 heavy (non-hydrogen) atoms. The number of oxazole rings is 1. The zero-order valence-electron chi connectivity index (χ0n) is 11.3. The van der Waals surface area contributed by atoms with E-state index in [-0.39, 0.29) is 4.83 Å². The van der Waals surface area contributed by atoms with Crippen molar-refractivity contribution in [3.05, 3.63) is 58.4 Å². The summed E-state index contributed by atoms with van der Waals surface area (Å²) in [6.07, 6.45) is 0.667. The van der Waals surface area contributed by atoms with Crippen molar-refractivity contribution >= 4 is 43.0 Å². The lowest BCUT2D eigenvalue weighted by atomic mass is 10.1. The molecule has 0 saturated heterocycles. The zero-order valence-corrected chi connectivity index (χ0v) is 14.5. The Hall–Kier alpha value is -1.33. The number of benzene rings is 2. The Kier molecular flexibility index (Phi) is 4.31. The van der Waals surface area contributed by atoms with Crippen molar-refractivity contribution in [1.29, 1.82) is 0 Å². The molecule has 5 heteroatoms. The molecule has 3 aromatic rings. The Labute approximate surface area is 139 Å². The first-order valence-electron chi connectivity index (χ1n) is 6.49. The molecule has 1 heterocycles. The molecule has 2 aromatic carbocycles. The zero-order chi connectivity index (χ0) is 14.8. The summed E-state index contributed by atoms with van der Waals surface area (Å²) in [7, 11) is 1.66. The number of rotatable bonds is 4. The lowest BCUT2D eigenvalue weighted by molar-refractivity contribution is 0.414. The molecule has 1 atom stereocenters. The largest absolute Gasteiger partial charge is 0.497 e. The van der Waals surface area contributed by atoms with Gasteiger partial charge in [0.2, 0.25) is 0 Å². The number of nitrogens with zero attached hydrogens (tertiary/aromatic N) is 1. The summed E-state index contributed by atoms with van der Waals surface area (Å²) in [5, 5.41) is 0. The number of alkyl halides is 1. The van der Waals surface area contributed by atoms with E-state index in [9.17, 15) is 0 Å². The molecule has 1 unspecified atom stereocenters. The summed E-state index contributed by atoms with van der Waals surface area (Å²) in [5.74, 6) is 1.54. The number of hydrogen-bond acceptors (Lipinski definition) is 3. The third-order valence-corrected chi connectivity index (χ3v) is 4.77. The average molecular weight is 411 g/mol. The van der Waals surface area contributed by atoms with Gasteiger partial charge in [-0.1, -0.05) is 44.0 Å². The van der Waals surface area contributed by atoms with Gasteiger partial charge in [-0.3, -0.25) is 0 Å². The molecular formula is C16H13Br2NO2. The highest BCUT2D eigenvalue weighted by atomic mass is 79.9. The van der Waals surface area contributed by atoms with Crippen molar-refractivity contribution < 1.29 is 9.15 Å². The van der Waals surface area contributed by atoms with Crippen LogP contribution in [-0.4, -0.2) is 12.1 Å². The summed E-state index contributed by atoms with van der Waals surface area (Å²) in [6, 6.07) is 13.7. The first kappa shape index (κ1) is 14.6. The fourth-order valence-corrected chi connectivity index (χ4v) is 3.65. The monoisotopic (exact) mass is 409 g/mol. The molecule has 0 bridgehead atoms. The van der Waals surface area contributed by atoms with Crippen molar-refractivity contribution in [3.8, 4) is 5.75 Å². The SMILES string of the molecule is COc1ccc(Br)c(C(Br)Cc2nc3ccccc3o2)c1. The molecule has 0 fully saturated rings. The number of ether oxygens (including phenoxy) is 1. The Bertz CT molecular complexity index is 737. The average Bonchev–Trinajstić information content (AvgIpc) is 2.89. The number of aromatic nitrogens is 1. The topological polar surface area (TPSA) is 35.3 Å². The van der Waals surface area contributed by atoms with E-state index in [4.69, 9.17) is 9.15 Å². The van der Waals surface area contributed by atoms with Crippen LogP contribution in [0.25, 0.3) is 11.1 Å². The Balaban J connectivity index is 1.87. The molecule has 0 aliphatic rings. The van der Waals surface area contributed by atoms with E-state index in [1.54, 1.807) is 7.11 Å². The number of para-hydroxylation sites is 2. The van der Waals surface area contributed by atoms with Gasteiger partial charge < -0.3 is 9.15 Å². The molecular weight excluding hydrogens is 398 g/mol.